The van der Waals surface area contributed by atoms with Crippen molar-refractivity contribution in [2.45, 2.75) is 6.92 Å². The lowest BCUT2D eigenvalue weighted by Gasteiger charge is -2.28. The van der Waals surface area contributed by atoms with Gasteiger partial charge in [-0.3, -0.25) is 4.79 Å². The highest BCUT2D eigenvalue weighted by Gasteiger charge is 2.11. The minimum Gasteiger partial charge on any atom is -0.378 e. The fraction of sp³-hybridized carbons (Fsp3) is 0.263. The second-order valence-corrected chi connectivity index (χ2v) is 6.23. The van der Waals surface area contributed by atoms with Crippen molar-refractivity contribution < 1.29 is 9.53 Å². The molecule has 0 aromatic heterocycles. The Morgan fingerprint density at radius 2 is 1.64 bits per heavy atom. The molecule has 1 heterocycles. The van der Waals surface area contributed by atoms with E-state index >= 15 is 0 Å². The molecule has 0 unspecified atom stereocenters. The zero-order valence-electron chi connectivity index (χ0n) is 14.0. The van der Waals surface area contributed by atoms with Crippen molar-refractivity contribution in [3.8, 4) is 0 Å². The first-order valence-electron chi connectivity index (χ1n) is 8.17. The number of carbonyl (C=O) groups excluding carboxylic acids is 1. The topological polar surface area (TPSA) is 53.9 Å². The fourth-order valence-electron chi connectivity index (χ4n) is 2.60. The molecule has 2 aromatic carbocycles. The zero-order chi connectivity index (χ0) is 17.6. The fourth-order valence-corrected chi connectivity index (χ4v) is 2.73. The van der Waals surface area contributed by atoms with Gasteiger partial charge >= 0.3 is 0 Å². The van der Waals surface area contributed by atoms with E-state index < -0.39 is 0 Å². The average Bonchev–Trinajstić information content (AvgIpc) is 2.67. The van der Waals surface area contributed by atoms with Gasteiger partial charge in [-0.25, -0.2) is 5.43 Å². The zero-order valence-corrected chi connectivity index (χ0v) is 14.8. The Morgan fingerprint density at radius 3 is 2.28 bits per heavy atom. The number of ether oxygens (including phenoxy) is 1. The number of hydrogen-bond donors (Lipinski definition) is 1. The number of rotatable bonds is 4. The van der Waals surface area contributed by atoms with Crippen LogP contribution in [0, 0.1) is 0 Å². The first-order chi connectivity index (χ1) is 12.1. The van der Waals surface area contributed by atoms with Crippen LogP contribution >= 0.6 is 11.6 Å². The monoisotopic (exact) mass is 357 g/mol. The summed E-state index contributed by atoms with van der Waals surface area (Å²) in [6.07, 6.45) is 0. The molecule has 3 rings (SSSR count). The van der Waals surface area contributed by atoms with Crippen molar-refractivity contribution in [2.24, 2.45) is 5.10 Å². The molecule has 1 saturated heterocycles. The highest BCUT2D eigenvalue weighted by atomic mass is 35.5. The first kappa shape index (κ1) is 17.5. The molecule has 6 heteroatoms. The average molecular weight is 358 g/mol. The Bertz CT molecular complexity index is 751. The summed E-state index contributed by atoms with van der Waals surface area (Å²) in [5.74, 6) is -0.263. The van der Waals surface area contributed by atoms with Gasteiger partial charge in [-0.15, -0.1) is 0 Å². The number of hydrogen-bond acceptors (Lipinski definition) is 4. The van der Waals surface area contributed by atoms with Gasteiger partial charge in [-0.2, -0.15) is 5.10 Å². The van der Waals surface area contributed by atoms with Gasteiger partial charge in [-0.05, 0) is 48.9 Å². The maximum absolute atomic E-state index is 12.1. The van der Waals surface area contributed by atoms with Gasteiger partial charge in [0.1, 0.15) is 0 Å². The van der Waals surface area contributed by atoms with Crippen LogP contribution in [0.15, 0.2) is 53.6 Å². The molecule has 5 nitrogen and oxygen atoms in total. The number of carbonyl (C=O) groups is 1. The van der Waals surface area contributed by atoms with Gasteiger partial charge in [0.2, 0.25) is 0 Å². The molecule has 1 fully saturated rings. The smallest absolute Gasteiger partial charge is 0.271 e. The summed E-state index contributed by atoms with van der Waals surface area (Å²) >= 11 is 5.82. The van der Waals surface area contributed by atoms with E-state index in [1.54, 1.807) is 24.3 Å². The molecule has 130 valence electrons. The number of nitrogens with zero attached hydrogens (tertiary/aromatic N) is 2. The van der Waals surface area contributed by atoms with Crippen LogP contribution in [0.25, 0.3) is 0 Å². The van der Waals surface area contributed by atoms with Crippen LogP contribution in [-0.4, -0.2) is 37.9 Å². The largest absolute Gasteiger partial charge is 0.378 e. The summed E-state index contributed by atoms with van der Waals surface area (Å²) in [6, 6.07) is 14.9. The van der Waals surface area contributed by atoms with Crippen LogP contribution in [0.3, 0.4) is 0 Å². The number of hydrazone groups is 1. The van der Waals surface area contributed by atoms with Crippen molar-refractivity contribution in [2.75, 3.05) is 31.2 Å². The summed E-state index contributed by atoms with van der Waals surface area (Å²) in [5, 5.41) is 4.78. The van der Waals surface area contributed by atoms with Gasteiger partial charge < -0.3 is 9.64 Å². The lowest BCUT2D eigenvalue weighted by molar-refractivity contribution is 0.0955. The van der Waals surface area contributed by atoms with E-state index in [0.717, 1.165) is 37.6 Å². The quantitative estimate of drug-likeness (QED) is 0.674. The lowest BCUT2D eigenvalue weighted by Crippen LogP contribution is -2.36. The van der Waals surface area contributed by atoms with Gasteiger partial charge in [0.05, 0.1) is 18.9 Å². The number of morpholine rings is 1. The van der Waals surface area contributed by atoms with Crippen LogP contribution in [-0.2, 0) is 4.74 Å². The number of halogens is 1. The molecule has 0 aliphatic carbocycles. The van der Waals surface area contributed by atoms with Gasteiger partial charge in [0.15, 0.2) is 0 Å². The molecule has 0 bridgehead atoms. The van der Waals surface area contributed by atoms with Gasteiger partial charge in [-0.1, -0.05) is 23.7 Å². The second-order valence-electron chi connectivity index (χ2n) is 5.79. The number of amides is 1. The van der Waals surface area contributed by atoms with E-state index in [-0.39, 0.29) is 5.91 Å². The first-order valence-corrected chi connectivity index (χ1v) is 8.54. The molecule has 1 amide bonds. The summed E-state index contributed by atoms with van der Waals surface area (Å²) in [6.45, 7) is 5.21. The van der Waals surface area contributed by atoms with E-state index in [0.29, 0.717) is 10.6 Å². The minimum absolute atomic E-state index is 0.263. The molecular formula is C19H20ClN3O2. The van der Waals surface area contributed by atoms with Gasteiger partial charge in [0, 0.05) is 29.4 Å². The van der Waals surface area contributed by atoms with E-state index in [1.807, 2.05) is 19.1 Å². The minimum atomic E-state index is -0.263. The highest BCUT2D eigenvalue weighted by Crippen LogP contribution is 2.17. The number of benzene rings is 2. The summed E-state index contributed by atoms with van der Waals surface area (Å²) in [5.41, 5.74) is 5.97. The summed E-state index contributed by atoms with van der Waals surface area (Å²) in [7, 11) is 0. The SMILES string of the molecule is CC(=NNC(=O)c1ccc(Cl)cc1)c1ccc(N2CCOCC2)cc1. The summed E-state index contributed by atoms with van der Waals surface area (Å²) < 4.78 is 5.37. The van der Waals surface area contributed by atoms with Gasteiger partial charge in [0.25, 0.3) is 5.91 Å². The maximum Gasteiger partial charge on any atom is 0.271 e. The molecule has 0 spiro atoms. The number of anilines is 1. The molecule has 1 aliphatic heterocycles. The number of nitrogens with one attached hydrogen (secondary N) is 1. The molecular weight excluding hydrogens is 338 g/mol. The third-order valence-electron chi connectivity index (χ3n) is 4.09. The Labute approximate surface area is 152 Å². The predicted octanol–water partition coefficient (Wildman–Crippen LogP) is 3.33. The molecule has 0 atom stereocenters. The molecule has 2 aromatic rings. The van der Waals surface area contributed by atoms with Crippen molar-refractivity contribution in [1.29, 1.82) is 0 Å². The standard InChI is InChI=1S/C19H20ClN3O2/c1-14(21-22-19(24)16-2-6-17(20)7-3-16)15-4-8-18(9-5-15)23-10-12-25-13-11-23/h2-9H,10-13H2,1H3,(H,22,24). The van der Waals surface area contributed by atoms with Crippen LogP contribution in [0.4, 0.5) is 5.69 Å². The molecule has 25 heavy (non-hydrogen) atoms. The third-order valence-corrected chi connectivity index (χ3v) is 4.34. The van der Waals surface area contributed by atoms with E-state index in [2.05, 4.69) is 27.6 Å². The van der Waals surface area contributed by atoms with E-state index in [1.165, 1.54) is 5.69 Å². The van der Waals surface area contributed by atoms with Crippen molar-refractivity contribution >= 4 is 28.9 Å². The van der Waals surface area contributed by atoms with Crippen LogP contribution in [0.5, 0.6) is 0 Å². The third kappa shape index (κ3) is 4.59. The molecule has 0 saturated carbocycles. The second kappa shape index (κ2) is 8.14. The van der Waals surface area contributed by atoms with Crippen molar-refractivity contribution in [3.05, 3.63) is 64.7 Å². The molecule has 0 radical (unpaired) electrons. The Morgan fingerprint density at radius 1 is 1.04 bits per heavy atom. The van der Waals surface area contributed by atoms with Crippen LogP contribution in [0.1, 0.15) is 22.8 Å². The lowest BCUT2D eigenvalue weighted by atomic mass is 10.1. The Kier molecular flexibility index (Phi) is 5.68. The van der Waals surface area contributed by atoms with Crippen LogP contribution in [0.2, 0.25) is 5.02 Å². The molecule has 1 aliphatic rings. The summed E-state index contributed by atoms with van der Waals surface area (Å²) in [4.78, 5) is 14.4. The predicted molar refractivity (Wildman–Crippen MR) is 101 cm³/mol. The highest BCUT2D eigenvalue weighted by molar-refractivity contribution is 6.30. The molecule has 1 N–H and O–H groups in total. The van der Waals surface area contributed by atoms with Crippen LogP contribution < -0.4 is 10.3 Å². The van der Waals surface area contributed by atoms with E-state index in [9.17, 15) is 4.79 Å². The Hall–Kier alpha value is -2.37. The normalized spacial score (nSPS) is 15.1. The van der Waals surface area contributed by atoms with Crippen molar-refractivity contribution in [3.63, 3.8) is 0 Å². The van der Waals surface area contributed by atoms with Crippen molar-refractivity contribution in [1.82, 2.24) is 5.43 Å². The Balaban J connectivity index is 1.63. The maximum atomic E-state index is 12.1. The van der Waals surface area contributed by atoms with E-state index in [4.69, 9.17) is 16.3 Å².